The molecule has 0 saturated carbocycles. The Kier molecular flexibility index (Phi) is 4.23. The van der Waals surface area contributed by atoms with Gasteiger partial charge < -0.3 is 5.73 Å². The molecule has 0 aliphatic carbocycles. The molecule has 2 rings (SSSR count). The second-order valence-electron chi connectivity index (χ2n) is 4.52. The Hall–Kier alpha value is -2.01. The lowest BCUT2D eigenvalue weighted by molar-refractivity contribution is -0.137. The Bertz CT molecular complexity index is 666. The summed E-state index contributed by atoms with van der Waals surface area (Å²) >= 11 is 5.87. The van der Waals surface area contributed by atoms with Gasteiger partial charge in [-0.15, -0.1) is 0 Å². The van der Waals surface area contributed by atoms with Crippen LogP contribution in [0.15, 0.2) is 42.5 Å². The standard InChI is InChI=1S/C15H11ClF3NO/c16-12-5-6-13(10(7-12)8-14(20)21)9-1-3-11(4-2-9)15(17,18)19/h1-7H,8H2,(H2,20,21). The molecule has 2 N–H and O–H groups in total. The van der Waals surface area contributed by atoms with Gasteiger partial charge in [-0.3, -0.25) is 4.79 Å². The number of amides is 1. The van der Waals surface area contributed by atoms with E-state index in [1.807, 2.05) is 0 Å². The molecule has 0 saturated heterocycles. The first-order chi connectivity index (χ1) is 9.77. The molecule has 21 heavy (non-hydrogen) atoms. The lowest BCUT2D eigenvalue weighted by Gasteiger charge is -2.11. The van der Waals surface area contributed by atoms with Crippen molar-refractivity contribution in [2.24, 2.45) is 5.73 Å². The van der Waals surface area contributed by atoms with Crippen LogP contribution in [0.2, 0.25) is 5.02 Å². The average Bonchev–Trinajstić information content (AvgIpc) is 2.37. The zero-order valence-electron chi connectivity index (χ0n) is 10.7. The minimum atomic E-state index is -4.38. The van der Waals surface area contributed by atoms with Gasteiger partial charge in [-0.2, -0.15) is 13.2 Å². The van der Waals surface area contributed by atoms with Crippen LogP contribution in [-0.4, -0.2) is 5.91 Å². The van der Waals surface area contributed by atoms with Gasteiger partial charge in [-0.1, -0.05) is 29.8 Å². The second-order valence-corrected chi connectivity index (χ2v) is 4.96. The van der Waals surface area contributed by atoms with Gasteiger partial charge in [0.05, 0.1) is 12.0 Å². The van der Waals surface area contributed by atoms with E-state index in [2.05, 4.69) is 0 Å². The summed E-state index contributed by atoms with van der Waals surface area (Å²) in [5, 5.41) is 0.432. The fraction of sp³-hybridized carbons (Fsp3) is 0.133. The average molecular weight is 314 g/mol. The highest BCUT2D eigenvalue weighted by atomic mass is 35.5. The summed E-state index contributed by atoms with van der Waals surface area (Å²) in [6, 6.07) is 9.56. The molecule has 1 amide bonds. The second kappa shape index (κ2) is 5.77. The van der Waals surface area contributed by atoms with E-state index >= 15 is 0 Å². The maximum atomic E-state index is 12.5. The van der Waals surface area contributed by atoms with Crippen molar-refractivity contribution in [3.05, 3.63) is 58.6 Å². The highest BCUT2D eigenvalue weighted by Gasteiger charge is 2.30. The number of primary amides is 1. The summed E-state index contributed by atoms with van der Waals surface area (Å²) in [6.07, 6.45) is -4.41. The van der Waals surface area contributed by atoms with Crippen LogP contribution in [0.5, 0.6) is 0 Å². The number of halogens is 4. The van der Waals surface area contributed by atoms with E-state index in [4.69, 9.17) is 17.3 Å². The summed E-state index contributed by atoms with van der Waals surface area (Å²) in [5.41, 5.74) is 6.22. The molecule has 0 atom stereocenters. The monoisotopic (exact) mass is 313 g/mol. The fourth-order valence-electron chi connectivity index (χ4n) is 2.02. The quantitative estimate of drug-likeness (QED) is 0.912. The van der Waals surface area contributed by atoms with Crippen LogP contribution in [0.4, 0.5) is 13.2 Å². The molecule has 0 aliphatic rings. The van der Waals surface area contributed by atoms with E-state index < -0.39 is 17.6 Å². The van der Waals surface area contributed by atoms with Crippen LogP contribution < -0.4 is 5.73 Å². The highest BCUT2D eigenvalue weighted by molar-refractivity contribution is 6.30. The molecular formula is C15H11ClF3NO. The van der Waals surface area contributed by atoms with Crippen molar-refractivity contribution in [3.8, 4) is 11.1 Å². The van der Waals surface area contributed by atoms with Crippen molar-refractivity contribution in [2.75, 3.05) is 0 Å². The first-order valence-corrected chi connectivity index (χ1v) is 6.39. The lowest BCUT2D eigenvalue weighted by atomic mass is 9.96. The predicted octanol–water partition coefficient (Wildman–Crippen LogP) is 4.05. The maximum Gasteiger partial charge on any atom is 0.416 e. The molecule has 0 aliphatic heterocycles. The van der Waals surface area contributed by atoms with Gasteiger partial charge >= 0.3 is 6.18 Å². The fourth-order valence-corrected chi connectivity index (χ4v) is 2.21. The normalized spacial score (nSPS) is 11.4. The molecule has 0 spiro atoms. The predicted molar refractivity (Wildman–Crippen MR) is 74.8 cm³/mol. The smallest absolute Gasteiger partial charge is 0.369 e. The van der Waals surface area contributed by atoms with Gasteiger partial charge in [0.1, 0.15) is 0 Å². The Balaban J connectivity index is 2.44. The van der Waals surface area contributed by atoms with Gasteiger partial charge in [0.25, 0.3) is 0 Å². The third-order valence-corrected chi connectivity index (χ3v) is 3.19. The minimum absolute atomic E-state index is 0.0308. The Morgan fingerprint density at radius 2 is 1.71 bits per heavy atom. The van der Waals surface area contributed by atoms with Crippen molar-refractivity contribution in [1.29, 1.82) is 0 Å². The van der Waals surface area contributed by atoms with Gasteiger partial charge in [0.15, 0.2) is 0 Å². The summed E-state index contributed by atoms with van der Waals surface area (Å²) in [5.74, 6) is -0.537. The van der Waals surface area contributed by atoms with Crippen LogP contribution >= 0.6 is 11.6 Å². The van der Waals surface area contributed by atoms with Crippen molar-refractivity contribution in [2.45, 2.75) is 12.6 Å². The molecule has 0 radical (unpaired) electrons. The van der Waals surface area contributed by atoms with Crippen LogP contribution in [0.25, 0.3) is 11.1 Å². The molecule has 0 unspecified atom stereocenters. The lowest BCUT2D eigenvalue weighted by Crippen LogP contribution is -2.14. The molecule has 0 aromatic heterocycles. The van der Waals surface area contributed by atoms with Crippen molar-refractivity contribution in [3.63, 3.8) is 0 Å². The van der Waals surface area contributed by atoms with Crippen molar-refractivity contribution in [1.82, 2.24) is 0 Å². The molecule has 0 heterocycles. The summed E-state index contributed by atoms with van der Waals surface area (Å²) < 4.78 is 37.6. The first kappa shape index (κ1) is 15.4. The van der Waals surface area contributed by atoms with Crippen LogP contribution in [0, 0.1) is 0 Å². The number of benzene rings is 2. The Morgan fingerprint density at radius 3 is 2.24 bits per heavy atom. The topological polar surface area (TPSA) is 43.1 Å². The summed E-state index contributed by atoms with van der Waals surface area (Å²) in [7, 11) is 0. The number of carbonyl (C=O) groups excluding carboxylic acids is 1. The van der Waals surface area contributed by atoms with E-state index in [1.54, 1.807) is 18.2 Å². The van der Waals surface area contributed by atoms with Crippen LogP contribution in [0.3, 0.4) is 0 Å². The molecule has 2 aromatic rings. The molecule has 2 nitrogen and oxygen atoms in total. The third kappa shape index (κ3) is 3.76. The van der Waals surface area contributed by atoms with Gasteiger partial charge in [-0.25, -0.2) is 0 Å². The third-order valence-electron chi connectivity index (χ3n) is 2.96. The molecule has 110 valence electrons. The zero-order valence-corrected chi connectivity index (χ0v) is 11.5. The Morgan fingerprint density at radius 1 is 1.10 bits per heavy atom. The van der Waals surface area contributed by atoms with E-state index in [9.17, 15) is 18.0 Å². The number of carbonyl (C=O) groups is 1. The molecular weight excluding hydrogens is 303 g/mol. The number of nitrogens with two attached hydrogens (primary N) is 1. The van der Waals surface area contributed by atoms with E-state index in [0.717, 1.165) is 12.1 Å². The van der Waals surface area contributed by atoms with Crippen molar-refractivity contribution >= 4 is 17.5 Å². The molecule has 2 aromatic carbocycles. The molecule has 6 heteroatoms. The number of rotatable bonds is 3. The van der Waals surface area contributed by atoms with Gasteiger partial charge in [-0.05, 0) is 41.0 Å². The first-order valence-electron chi connectivity index (χ1n) is 6.02. The largest absolute Gasteiger partial charge is 0.416 e. The van der Waals surface area contributed by atoms with E-state index in [0.29, 0.717) is 21.7 Å². The van der Waals surface area contributed by atoms with Crippen LogP contribution in [-0.2, 0) is 17.4 Å². The molecule has 0 fully saturated rings. The summed E-state index contributed by atoms with van der Waals surface area (Å²) in [6.45, 7) is 0. The highest BCUT2D eigenvalue weighted by Crippen LogP contribution is 2.32. The SMILES string of the molecule is NC(=O)Cc1cc(Cl)ccc1-c1ccc(C(F)(F)F)cc1. The van der Waals surface area contributed by atoms with E-state index in [1.165, 1.54) is 12.1 Å². The number of alkyl halides is 3. The van der Waals surface area contributed by atoms with Gasteiger partial charge in [0.2, 0.25) is 5.91 Å². The number of hydrogen-bond acceptors (Lipinski definition) is 1. The minimum Gasteiger partial charge on any atom is -0.369 e. The summed E-state index contributed by atoms with van der Waals surface area (Å²) in [4.78, 5) is 11.1. The van der Waals surface area contributed by atoms with Gasteiger partial charge in [0, 0.05) is 5.02 Å². The molecule has 0 bridgehead atoms. The number of hydrogen-bond donors (Lipinski definition) is 1. The Labute approximate surface area is 124 Å². The maximum absolute atomic E-state index is 12.5. The van der Waals surface area contributed by atoms with Crippen molar-refractivity contribution < 1.29 is 18.0 Å². The zero-order chi connectivity index (χ0) is 15.6. The van der Waals surface area contributed by atoms with E-state index in [-0.39, 0.29) is 6.42 Å². The van der Waals surface area contributed by atoms with Crippen LogP contribution in [0.1, 0.15) is 11.1 Å².